The van der Waals surface area contributed by atoms with Crippen LogP contribution in [-0.4, -0.2) is 15.7 Å². The number of carbonyl (C=O) groups excluding carboxylic acids is 1. The fourth-order valence-corrected chi connectivity index (χ4v) is 1.65. The highest BCUT2D eigenvalue weighted by atomic mass is 16.1. The largest absolute Gasteiger partial charge is 0.324 e. The topological polar surface area (TPSA) is 85.0 Å². The van der Waals surface area contributed by atoms with Crippen LogP contribution < -0.4 is 16.6 Å². The first-order valence-electron chi connectivity index (χ1n) is 5.48. The molecule has 1 amide bonds. The Kier molecular flexibility index (Phi) is 3.29. The van der Waals surface area contributed by atoms with E-state index in [4.69, 9.17) is 5.84 Å². The second kappa shape index (κ2) is 4.89. The Hall–Kier alpha value is -2.34. The molecule has 2 aromatic rings. The number of rotatable bonds is 3. The van der Waals surface area contributed by atoms with Gasteiger partial charge in [-0.1, -0.05) is 0 Å². The minimum Gasteiger partial charge on any atom is -0.324 e. The van der Waals surface area contributed by atoms with Crippen LogP contribution in [-0.2, 0) is 7.05 Å². The summed E-state index contributed by atoms with van der Waals surface area (Å²) in [7, 11) is 1.77. The molecule has 1 heterocycles. The number of nitrogen functional groups attached to an aromatic ring is 1. The number of hydrogen-bond acceptors (Lipinski definition) is 4. The van der Waals surface area contributed by atoms with Gasteiger partial charge in [0.2, 0.25) is 0 Å². The van der Waals surface area contributed by atoms with Crippen molar-refractivity contribution in [1.29, 1.82) is 0 Å². The van der Waals surface area contributed by atoms with Gasteiger partial charge in [0.05, 0.1) is 11.9 Å². The van der Waals surface area contributed by atoms with E-state index < -0.39 is 0 Å². The molecule has 1 aromatic carbocycles. The van der Waals surface area contributed by atoms with Crippen LogP contribution >= 0.6 is 0 Å². The van der Waals surface area contributed by atoms with Crippen LogP contribution in [0.5, 0.6) is 0 Å². The molecule has 0 spiro atoms. The van der Waals surface area contributed by atoms with Crippen molar-refractivity contribution in [3.63, 3.8) is 0 Å². The number of aryl methyl sites for hydroxylation is 2. The molecule has 0 bridgehead atoms. The molecule has 0 aliphatic carbocycles. The lowest BCUT2D eigenvalue weighted by Crippen LogP contribution is -2.15. The van der Waals surface area contributed by atoms with Gasteiger partial charge in [-0.2, -0.15) is 5.10 Å². The van der Waals surface area contributed by atoms with Gasteiger partial charge in [-0.25, -0.2) is 0 Å². The summed E-state index contributed by atoms with van der Waals surface area (Å²) in [6, 6.07) is 7.00. The SMILES string of the molecule is Cc1cc(C(=O)Nc2ccnn2C)ccc1NN. The van der Waals surface area contributed by atoms with Crippen molar-refractivity contribution < 1.29 is 4.79 Å². The highest BCUT2D eigenvalue weighted by Crippen LogP contribution is 2.16. The highest BCUT2D eigenvalue weighted by molar-refractivity contribution is 6.04. The van der Waals surface area contributed by atoms with Gasteiger partial charge in [-0.3, -0.25) is 15.3 Å². The number of hydrazine groups is 1. The smallest absolute Gasteiger partial charge is 0.256 e. The Morgan fingerprint density at radius 3 is 2.72 bits per heavy atom. The average Bonchev–Trinajstić information content (AvgIpc) is 2.75. The summed E-state index contributed by atoms with van der Waals surface area (Å²) in [5.74, 6) is 5.82. The van der Waals surface area contributed by atoms with Crippen molar-refractivity contribution in [1.82, 2.24) is 9.78 Å². The first-order valence-corrected chi connectivity index (χ1v) is 5.48. The molecule has 2 rings (SSSR count). The van der Waals surface area contributed by atoms with Gasteiger partial charge in [-0.05, 0) is 30.7 Å². The van der Waals surface area contributed by atoms with Gasteiger partial charge in [0.1, 0.15) is 5.82 Å². The van der Waals surface area contributed by atoms with E-state index in [1.165, 1.54) is 0 Å². The molecule has 1 aromatic heterocycles. The molecule has 6 nitrogen and oxygen atoms in total. The zero-order chi connectivity index (χ0) is 13.1. The molecule has 0 fully saturated rings. The zero-order valence-electron chi connectivity index (χ0n) is 10.3. The third-order valence-electron chi connectivity index (χ3n) is 2.71. The van der Waals surface area contributed by atoms with E-state index in [9.17, 15) is 4.79 Å². The molecule has 18 heavy (non-hydrogen) atoms. The standard InChI is InChI=1S/C12H15N5O/c1-8-7-9(3-4-10(8)16-13)12(18)15-11-5-6-14-17(11)2/h3-7,16H,13H2,1-2H3,(H,15,18). The lowest BCUT2D eigenvalue weighted by molar-refractivity contribution is 0.102. The van der Waals surface area contributed by atoms with Crippen LogP contribution in [0, 0.1) is 6.92 Å². The molecule has 0 aliphatic heterocycles. The maximum Gasteiger partial charge on any atom is 0.256 e. The summed E-state index contributed by atoms with van der Waals surface area (Å²) in [4.78, 5) is 12.0. The third kappa shape index (κ3) is 2.33. The molecule has 0 saturated carbocycles. The van der Waals surface area contributed by atoms with E-state index in [2.05, 4.69) is 15.8 Å². The van der Waals surface area contributed by atoms with Crippen LogP contribution in [0.25, 0.3) is 0 Å². The number of nitrogens with one attached hydrogen (secondary N) is 2. The molecule has 94 valence electrons. The minimum atomic E-state index is -0.176. The molecule has 0 unspecified atom stereocenters. The average molecular weight is 245 g/mol. The molecule has 0 radical (unpaired) electrons. The van der Waals surface area contributed by atoms with Gasteiger partial charge >= 0.3 is 0 Å². The first-order chi connectivity index (χ1) is 8.61. The fraction of sp³-hybridized carbons (Fsp3) is 0.167. The summed E-state index contributed by atoms with van der Waals surface area (Å²) in [6.45, 7) is 1.88. The van der Waals surface area contributed by atoms with E-state index in [0.29, 0.717) is 11.4 Å². The van der Waals surface area contributed by atoms with Crippen molar-refractivity contribution >= 4 is 17.4 Å². The first kappa shape index (κ1) is 12.1. The van der Waals surface area contributed by atoms with E-state index in [0.717, 1.165) is 11.3 Å². The summed E-state index contributed by atoms with van der Waals surface area (Å²) >= 11 is 0. The van der Waals surface area contributed by atoms with Crippen LogP contribution in [0.3, 0.4) is 0 Å². The van der Waals surface area contributed by atoms with Crippen LogP contribution in [0.4, 0.5) is 11.5 Å². The van der Waals surface area contributed by atoms with Gasteiger partial charge in [0.25, 0.3) is 5.91 Å². The second-order valence-corrected chi connectivity index (χ2v) is 3.97. The Morgan fingerprint density at radius 2 is 2.17 bits per heavy atom. The van der Waals surface area contributed by atoms with Gasteiger partial charge < -0.3 is 10.7 Å². The van der Waals surface area contributed by atoms with Crippen molar-refractivity contribution in [2.75, 3.05) is 10.7 Å². The number of nitrogens with zero attached hydrogens (tertiary/aromatic N) is 2. The number of amides is 1. The summed E-state index contributed by atoms with van der Waals surface area (Å²) < 4.78 is 1.60. The Morgan fingerprint density at radius 1 is 1.39 bits per heavy atom. The third-order valence-corrected chi connectivity index (χ3v) is 2.71. The number of anilines is 2. The molecular weight excluding hydrogens is 230 g/mol. The number of aromatic nitrogens is 2. The number of hydrogen-bond donors (Lipinski definition) is 3. The maximum atomic E-state index is 12.0. The van der Waals surface area contributed by atoms with E-state index in [1.807, 2.05) is 6.92 Å². The Bertz CT molecular complexity index is 576. The number of nitrogens with two attached hydrogens (primary N) is 1. The number of carbonyl (C=O) groups is 1. The predicted octanol–water partition coefficient (Wildman–Crippen LogP) is 1.27. The summed E-state index contributed by atoms with van der Waals surface area (Å²) in [6.07, 6.45) is 1.63. The monoisotopic (exact) mass is 245 g/mol. The highest BCUT2D eigenvalue weighted by Gasteiger charge is 2.09. The molecule has 6 heteroatoms. The lowest BCUT2D eigenvalue weighted by Gasteiger charge is -2.08. The summed E-state index contributed by atoms with van der Waals surface area (Å²) in [5.41, 5.74) is 4.86. The predicted molar refractivity (Wildman–Crippen MR) is 70.2 cm³/mol. The van der Waals surface area contributed by atoms with E-state index in [-0.39, 0.29) is 5.91 Å². The van der Waals surface area contributed by atoms with Gasteiger partial charge in [-0.15, -0.1) is 0 Å². The van der Waals surface area contributed by atoms with Gasteiger partial charge in [0, 0.05) is 18.7 Å². The van der Waals surface area contributed by atoms with Crippen molar-refractivity contribution in [2.24, 2.45) is 12.9 Å². The molecule has 0 aliphatic rings. The normalized spacial score (nSPS) is 10.2. The molecular formula is C12H15N5O. The summed E-state index contributed by atoms with van der Waals surface area (Å²) in [5, 5.41) is 6.76. The van der Waals surface area contributed by atoms with Crippen LogP contribution in [0.15, 0.2) is 30.5 Å². The van der Waals surface area contributed by atoms with Crippen molar-refractivity contribution in [2.45, 2.75) is 6.92 Å². The van der Waals surface area contributed by atoms with Crippen LogP contribution in [0.2, 0.25) is 0 Å². The van der Waals surface area contributed by atoms with E-state index in [1.54, 1.807) is 42.2 Å². The lowest BCUT2D eigenvalue weighted by atomic mass is 10.1. The maximum absolute atomic E-state index is 12.0. The Labute approximate surface area is 105 Å². The zero-order valence-corrected chi connectivity index (χ0v) is 10.3. The van der Waals surface area contributed by atoms with Crippen molar-refractivity contribution in [3.05, 3.63) is 41.6 Å². The Balaban J connectivity index is 2.19. The second-order valence-electron chi connectivity index (χ2n) is 3.97. The molecule has 4 N–H and O–H groups in total. The fourth-order valence-electron chi connectivity index (χ4n) is 1.65. The number of benzene rings is 1. The minimum absolute atomic E-state index is 0.176. The molecule has 0 atom stereocenters. The van der Waals surface area contributed by atoms with Gasteiger partial charge in [0.15, 0.2) is 0 Å². The quantitative estimate of drug-likeness (QED) is 0.561. The molecule has 0 saturated heterocycles. The van der Waals surface area contributed by atoms with Crippen molar-refractivity contribution in [3.8, 4) is 0 Å². The van der Waals surface area contributed by atoms with E-state index >= 15 is 0 Å². The van der Waals surface area contributed by atoms with Crippen LogP contribution in [0.1, 0.15) is 15.9 Å².